The number of anilines is 1. The van der Waals surface area contributed by atoms with E-state index in [1.807, 2.05) is 31.2 Å². The third kappa shape index (κ3) is 2.84. The minimum atomic E-state index is -3.76. The molecule has 0 saturated heterocycles. The Morgan fingerprint density at radius 2 is 1.78 bits per heavy atom. The molecule has 1 aromatic heterocycles. The molecular weight excluding hydrogens is 378 g/mol. The minimum absolute atomic E-state index is 0.0504. The number of benzene rings is 2. The summed E-state index contributed by atoms with van der Waals surface area (Å²) in [5, 5.41) is 9.55. The Labute approximate surface area is 163 Å². The maximum absolute atomic E-state index is 13.6. The molecular formula is C21H21NO3S2. The molecule has 1 atom stereocenters. The van der Waals surface area contributed by atoms with Gasteiger partial charge in [0.25, 0.3) is 10.0 Å². The number of hydrogen-bond acceptors (Lipinski definition) is 4. The smallest absolute Gasteiger partial charge is 0.264 e. The van der Waals surface area contributed by atoms with Gasteiger partial charge in [-0.1, -0.05) is 38.1 Å². The van der Waals surface area contributed by atoms with Crippen molar-refractivity contribution in [1.82, 2.24) is 0 Å². The number of thiophene rings is 1. The number of aryl methyl sites for hydroxylation is 1. The molecule has 6 heteroatoms. The van der Waals surface area contributed by atoms with E-state index in [4.69, 9.17) is 0 Å². The zero-order chi connectivity index (χ0) is 19.2. The second-order valence-electron chi connectivity index (χ2n) is 6.59. The largest absolute Gasteiger partial charge is 0.508 e. The highest BCUT2D eigenvalue weighted by Gasteiger charge is 2.39. The SMILES string of the molecule is CCc1cc2c(s1)-c1ccccc1C(CC)N2S(=O)(=O)c1ccc(O)cc1. The Morgan fingerprint density at radius 3 is 2.44 bits per heavy atom. The van der Waals surface area contributed by atoms with Gasteiger partial charge in [-0.25, -0.2) is 8.42 Å². The Bertz CT molecular complexity index is 1080. The lowest BCUT2D eigenvalue weighted by Crippen LogP contribution is -2.37. The van der Waals surface area contributed by atoms with Crippen molar-refractivity contribution in [2.75, 3.05) is 4.31 Å². The van der Waals surface area contributed by atoms with Crippen molar-refractivity contribution in [3.05, 3.63) is 65.0 Å². The van der Waals surface area contributed by atoms with E-state index >= 15 is 0 Å². The standard InChI is InChI=1S/C21H21NO3S2/c1-3-15-13-20-21(26-15)18-8-6-5-7-17(18)19(4-2)22(20)27(24,25)16-11-9-14(23)10-12-16/h5-13,19,23H,3-4H2,1-2H3. The summed E-state index contributed by atoms with van der Waals surface area (Å²) in [6.07, 6.45) is 1.54. The number of nitrogens with zero attached hydrogens (tertiary/aromatic N) is 1. The van der Waals surface area contributed by atoms with E-state index < -0.39 is 10.0 Å². The average molecular weight is 400 g/mol. The molecule has 2 heterocycles. The molecule has 0 radical (unpaired) electrons. The second kappa shape index (κ2) is 6.69. The van der Waals surface area contributed by atoms with Crippen molar-refractivity contribution >= 4 is 27.0 Å². The predicted octanol–water partition coefficient (Wildman–Crippen LogP) is 5.34. The van der Waals surface area contributed by atoms with E-state index in [9.17, 15) is 13.5 Å². The molecule has 0 spiro atoms. The summed E-state index contributed by atoms with van der Waals surface area (Å²) in [5.41, 5.74) is 2.93. The molecule has 0 aliphatic carbocycles. The van der Waals surface area contributed by atoms with E-state index in [0.717, 1.165) is 33.0 Å². The quantitative estimate of drug-likeness (QED) is 0.644. The molecule has 0 bridgehead atoms. The summed E-state index contributed by atoms with van der Waals surface area (Å²) >= 11 is 1.66. The van der Waals surface area contributed by atoms with Gasteiger partial charge >= 0.3 is 0 Å². The lowest BCUT2D eigenvalue weighted by molar-refractivity contribution is 0.474. The molecule has 27 heavy (non-hydrogen) atoms. The van der Waals surface area contributed by atoms with Gasteiger partial charge in [0.1, 0.15) is 5.75 Å². The van der Waals surface area contributed by atoms with Crippen molar-refractivity contribution in [3.63, 3.8) is 0 Å². The molecule has 0 fully saturated rings. The van der Waals surface area contributed by atoms with E-state index in [2.05, 4.69) is 13.0 Å². The fourth-order valence-corrected chi connectivity index (χ4v) is 6.57. The minimum Gasteiger partial charge on any atom is -0.508 e. The molecule has 1 aliphatic heterocycles. The number of fused-ring (bicyclic) bond motifs is 3. The molecule has 0 amide bonds. The highest BCUT2D eigenvalue weighted by Crippen LogP contribution is 2.51. The monoisotopic (exact) mass is 399 g/mol. The Hall–Kier alpha value is -2.31. The number of rotatable bonds is 4. The highest BCUT2D eigenvalue weighted by atomic mass is 32.2. The Balaban J connectivity index is 1.97. The number of hydrogen-bond donors (Lipinski definition) is 1. The van der Waals surface area contributed by atoms with Crippen LogP contribution in [0, 0.1) is 0 Å². The summed E-state index contributed by atoms with van der Waals surface area (Å²) in [5.74, 6) is 0.0504. The van der Waals surface area contributed by atoms with Gasteiger partial charge in [0.2, 0.25) is 0 Å². The van der Waals surface area contributed by atoms with Crippen molar-refractivity contribution in [1.29, 1.82) is 0 Å². The topological polar surface area (TPSA) is 57.6 Å². The molecule has 140 valence electrons. The lowest BCUT2D eigenvalue weighted by atomic mass is 9.93. The number of phenolic OH excluding ortho intramolecular Hbond substituents is 1. The zero-order valence-electron chi connectivity index (χ0n) is 15.2. The number of phenols is 1. The second-order valence-corrected chi connectivity index (χ2v) is 9.54. The van der Waals surface area contributed by atoms with Gasteiger partial charge in [0, 0.05) is 4.88 Å². The summed E-state index contributed by atoms with van der Waals surface area (Å²) in [6, 6.07) is 15.6. The van der Waals surface area contributed by atoms with Gasteiger partial charge in [-0.05, 0) is 54.3 Å². The van der Waals surface area contributed by atoms with Crippen LogP contribution >= 0.6 is 11.3 Å². The third-order valence-corrected chi connectivity index (χ3v) is 8.12. The van der Waals surface area contributed by atoms with Crippen LogP contribution in [0.5, 0.6) is 5.75 Å². The van der Waals surface area contributed by atoms with Gasteiger partial charge in [0.15, 0.2) is 0 Å². The first-order valence-corrected chi connectivity index (χ1v) is 11.3. The molecule has 0 saturated carbocycles. The van der Waals surface area contributed by atoms with Crippen LogP contribution in [0.4, 0.5) is 5.69 Å². The molecule has 3 aromatic rings. The first-order valence-electron chi connectivity index (χ1n) is 9.02. The molecule has 4 rings (SSSR count). The van der Waals surface area contributed by atoms with Crippen LogP contribution in [0.25, 0.3) is 10.4 Å². The van der Waals surface area contributed by atoms with Crippen LogP contribution in [0.1, 0.15) is 36.8 Å². The average Bonchev–Trinajstić information content (AvgIpc) is 3.11. The third-order valence-electron chi connectivity index (χ3n) is 4.98. The summed E-state index contributed by atoms with van der Waals surface area (Å²) in [7, 11) is -3.76. The highest BCUT2D eigenvalue weighted by molar-refractivity contribution is 7.92. The predicted molar refractivity (Wildman–Crippen MR) is 110 cm³/mol. The van der Waals surface area contributed by atoms with E-state index in [1.54, 1.807) is 15.6 Å². The van der Waals surface area contributed by atoms with Crippen LogP contribution in [0.2, 0.25) is 0 Å². The summed E-state index contributed by atoms with van der Waals surface area (Å²) in [6.45, 7) is 4.10. The Morgan fingerprint density at radius 1 is 1.07 bits per heavy atom. The molecule has 4 nitrogen and oxygen atoms in total. The lowest BCUT2D eigenvalue weighted by Gasteiger charge is -2.37. The molecule has 1 N–H and O–H groups in total. The van der Waals surface area contributed by atoms with Crippen LogP contribution in [-0.4, -0.2) is 13.5 Å². The van der Waals surface area contributed by atoms with Gasteiger partial charge in [0.05, 0.1) is 21.5 Å². The maximum atomic E-state index is 13.6. The first-order chi connectivity index (χ1) is 13.0. The van der Waals surface area contributed by atoms with Gasteiger partial charge < -0.3 is 5.11 Å². The van der Waals surface area contributed by atoms with Gasteiger partial charge in [-0.3, -0.25) is 4.31 Å². The fraction of sp³-hybridized carbons (Fsp3) is 0.238. The maximum Gasteiger partial charge on any atom is 0.264 e. The number of sulfonamides is 1. The van der Waals surface area contributed by atoms with Gasteiger partial charge in [-0.2, -0.15) is 0 Å². The first kappa shape index (κ1) is 18.1. The molecule has 1 aliphatic rings. The number of aromatic hydroxyl groups is 1. The summed E-state index contributed by atoms with van der Waals surface area (Å²) in [4.78, 5) is 2.36. The van der Waals surface area contributed by atoms with E-state index in [0.29, 0.717) is 6.42 Å². The van der Waals surface area contributed by atoms with Crippen molar-refractivity contribution in [2.24, 2.45) is 0 Å². The van der Waals surface area contributed by atoms with Crippen LogP contribution in [0.3, 0.4) is 0 Å². The van der Waals surface area contributed by atoms with Crippen molar-refractivity contribution in [2.45, 2.75) is 37.6 Å². The van der Waals surface area contributed by atoms with Crippen molar-refractivity contribution < 1.29 is 13.5 Å². The zero-order valence-corrected chi connectivity index (χ0v) is 16.8. The fourth-order valence-electron chi connectivity index (χ4n) is 3.66. The molecule has 1 unspecified atom stereocenters. The van der Waals surface area contributed by atoms with Crippen LogP contribution < -0.4 is 4.31 Å². The normalized spacial score (nSPS) is 16.1. The molecule has 2 aromatic carbocycles. The van der Waals surface area contributed by atoms with Crippen LogP contribution in [0.15, 0.2) is 59.5 Å². The van der Waals surface area contributed by atoms with E-state index in [1.165, 1.54) is 24.3 Å². The summed E-state index contributed by atoms with van der Waals surface area (Å²) < 4.78 is 28.7. The van der Waals surface area contributed by atoms with Crippen molar-refractivity contribution in [3.8, 4) is 16.2 Å². The Kier molecular flexibility index (Phi) is 4.48. The van der Waals surface area contributed by atoms with E-state index in [-0.39, 0.29) is 16.7 Å². The van der Waals surface area contributed by atoms with Crippen LogP contribution in [-0.2, 0) is 16.4 Å². The van der Waals surface area contributed by atoms with Gasteiger partial charge in [-0.15, -0.1) is 11.3 Å².